The topological polar surface area (TPSA) is 98.8 Å². The predicted molar refractivity (Wildman–Crippen MR) is 84.0 cm³/mol. The molecular formula is C17H12N4O2. The highest BCUT2D eigenvalue weighted by Gasteiger charge is 2.04. The third kappa shape index (κ3) is 5.00. The fourth-order valence-corrected chi connectivity index (χ4v) is 1.68. The number of anilines is 1. The van der Waals surface area contributed by atoms with E-state index < -0.39 is 0 Å². The van der Waals surface area contributed by atoms with E-state index in [1.807, 2.05) is 0 Å². The molecule has 0 saturated heterocycles. The van der Waals surface area contributed by atoms with Crippen LogP contribution >= 0.6 is 0 Å². The van der Waals surface area contributed by atoms with E-state index in [0.29, 0.717) is 17.1 Å². The van der Waals surface area contributed by atoms with Crippen molar-refractivity contribution in [3.05, 3.63) is 59.8 Å². The van der Waals surface area contributed by atoms with Gasteiger partial charge in [-0.25, -0.2) is 4.98 Å². The third-order valence-corrected chi connectivity index (χ3v) is 2.73. The Bertz CT molecular complexity index is 768. The molecule has 1 amide bonds. The lowest BCUT2D eigenvalue weighted by molar-refractivity contribution is -0.118. The number of allylic oxidation sites excluding steroid dienone is 1. The molecule has 2 aromatic rings. The van der Waals surface area contributed by atoms with Crippen LogP contribution in [0.1, 0.15) is 5.56 Å². The van der Waals surface area contributed by atoms with Crippen molar-refractivity contribution in [2.45, 2.75) is 0 Å². The summed E-state index contributed by atoms with van der Waals surface area (Å²) in [6, 6.07) is 15.5. The molecule has 0 radical (unpaired) electrons. The number of nitrogens with one attached hydrogen (secondary N) is 1. The minimum atomic E-state index is -0.316. The molecule has 6 heteroatoms. The number of pyridine rings is 1. The second kappa shape index (κ2) is 7.96. The van der Waals surface area contributed by atoms with Gasteiger partial charge < -0.3 is 10.1 Å². The van der Waals surface area contributed by atoms with Crippen LogP contribution in [0.5, 0.6) is 5.75 Å². The van der Waals surface area contributed by atoms with Crippen LogP contribution in [0.15, 0.2) is 54.2 Å². The smallest absolute Gasteiger partial charge is 0.263 e. The highest BCUT2D eigenvalue weighted by atomic mass is 16.5. The average molecular weight is 304 g/mol. The molecule has 1 aromatic carbocycles. The molecule has 0 unspecified atom stereocenters. The van der Waals surface area contributed by atoms with Crippen LogP contribution in [0.4, 0.5) is 5.82 Å². The normalized spacial score (nSPS) is 9.13. The van der Waals surface area contributed by atoms with E-state index in [-0.39, 0.29) is 18.1 Å². The number of hydrogen-bond donors (Lipinski definition) is 1. The molecule has 1 N–H and O–H groups in total. The van der Waals surface area contributed by atoms with Gasteiger partial charge in [-0.3, -0.25) is 4.79 Å². The maximum Gasteiger partial charge on any atom is 0.263 e. The van der Waals surface area contributed by atoms with Gasteiger partial charge >= 0.3 is 0 Å². The van der Waals surface area contributed by atoms with Crippen LogP contribution in [0.2, 0.25) is 0 Å². The summed E-state index contributed by atoms with van der Waals surface area (Å²) >= 11 is 0. The third-order valence-electron chi connectivity index (χ3n) is 2.73. The maximum atomic E-state index is 11.7. The number of hydrogen-bond acceptors (Lipinski definition) is 5. The van der Waals surface area contributed by atoms with E-state index >= 15 is 0 Å². The highest BCUT2D eigenvalue weighted by Crippen LogP contribution is 2.14. The van der Waals surface area contributed by atoms with Gasteiger partial charge in [-0.1, -0.05) is 18.2 Å². The number of benzene rings is 1. The molecule has 0 aliphatic heterocycles. The van der Waals surface area contributed by atoms with Crippen LogP contribution in [-0.4, -0.2) is 17.5 Å². The summed E-state index contributed by atoms with van der Waals surface area (Å²) in [7, 11) is 0. The summed E-state index contributed by atoms with van der Waals surface area (Å²) in [4.78, 5) is 15.7. The standard InChI is InChI=1S/C17H12N4O2/c18-10-14(11-19)9-13-4-6-15(7-5-13)23-12-17(22)21-16-3-1-2-8-20-16/h1-9H,12H2,(H,20,21,22). The Labute approximate surface area is 133 Å². The van der Waals surface area contributed by atoms with E-state index in [1.54, 1.807) is 60.8 Å². The molecule has 1 heterocycles. The fraction of sp³-hybridized carbons (Fsp3) is 0.0588. The highest BCUT2D eigenvalue weighted by molar-refractivity contribution is 5.90. The monoisotopic (exact) mass is 304 g/mol. The van der Waals surface area contributed by atoms with Crippen molar-refractivity contribution in [1.29, 1.82) is 10.5 Å². The molecule has 6 nitrogen and oxygen atoms in total. The van der Waals surface area contributed by atoms with Crippen molar-refractivity contribution in [3.8, 4) is 17.9 Å². The lowest BCUT2D eigenvalue weighted by Crippen LogP contribution is -2.20. The Kier molecular flexibility index (Phi) is 5.45. The van der Waals surface area contributed by atoms with E-state index in [9.17, 15) is 4.79 Å². The minimum absolute atomic E-state index is 0.0217. The molecule has 0 aliphatic carbocycles. The first-order valence-corrected chi connectivity index (χ1v) is 6.67. The van der Waals surface area contributed by atoms with Crippen LogP contribution in [0.3, 0.4) is 0 Å². The van der Waals surface area contributed by atoms with Gasteiger partial charge in [0.1, 0.15) is 29.3 Å². The Morgan fingerprint density at radius 2 is 1.91 bits per heavy atom. The van der Waals surface area contributed by atoms with E-state index in [2.05, 4.69) is 10.3 Å². The molecule has 23 heavy (non-hydrogen) atoms. The van der Waals surface area contributed by atoms with Gasteiger partial charge in [-0.05, 0) is 35.9 Å². The van der Waals surface area contributed by atoms with Gasteiger partial charge in [0.2, 0.25) is 0 Å². The summed E-state index contributed by atoms with van der Waals surface area (Å²) in [5.74, 6) is 0.653. The van der Waals surface area contributed by atoms with Gasteiger partial charge in [-0.15, -0.1) is 0 Å². The maximum absolute atomic E-state index is 11.7. The van der Waals surface area contributed by atoms with Gasteiger partial charge in [0.15, 0.2) is 6.61 Å². The molecule has 0 saturated carbocycles. The summed E-state index contributed by atoms with van der Waals surface area (Å²) in [6.45, 7) is -0.145. The number of rotatable bonds is 5. The van der Waals surface area contributed by atoms with E-state index in [1.165, 1.54) is 6.08 Å². The number of carbonyl (C=O) groups is 1. The number of nitrogens with zero attached hydrogens (tertiary/aromatic N) is 3. The van der Waals surface area contributed by atoms with Crippen LogP contribution in [-0.2, 0) is 4.79 Å². The molecular weight excluding hydrogens is 292 g/mol. The van der Waals surface area contributed by atoms with Gasteiger partial charge in [-0.2, -0.15) is 10.5 Å². The Balaban J connectivity index is 1.89. The fourth-order valence-electron chi connectivity index (χ4n) is 1.68. The number of carbonyl (C=O) groups excluding carboxylic acids is 1. The summed E-state index contributed by atoms with van der Waals surface area (Å²) in [6.07, 6.45) is 3.05. The SMILES string of the molecule is N#CC(C#N)=Cc1ccc(OCC(=O)Nc2ccccn2)cc1. The molecule has 0 spiro atoms. The zero-order chi connectivity index (χ0) is 16.5. The largest absolute Gasteiger partial charge is 0.484 e. The average Bonchev–Trinajstić information content (AvgIpc) is 2.60. The molecule has 0 aliphatic rings. The summed E-state index contributed by atoms with van der Waals surface area (Å²) < 4.78 is 5.36. The number of aromatic nitrogens is 1. The van der Waals surface area contributed by atoms with Gasteiger partial charge in [0.25, 0.3) is 5.91 Å². The number of amides is 1. The summed E-state index contributed by atoms with van der Waals surface area (Å²) in [5, 5.41) is 20.0. The molecule has 0 bridgehead atoms. The van der Waals surface area contributed by atoms with Crippen molar-refractivity contribution in [3.63, 3.8) is 0 Å². The molecule has 2 rings (SSSR count). The van der Waals surface area contributed by atoms with Crippen molar-refractivity contribution < 1.29 is 9.53 Å². The van der Waals surface area contributed by atoms with Crippen molar-refractivity contribution in [2.24, 2.45) is 0 Å². The van der Waals surface area contributed by atoms with Gasteiger partial charge in [0, 0.05) is 6.20 Å². The number of ether oxygens (including phenoxy) is 1. The first-order valence-electron chi connectivity index (χ1n) is 6.67. The van der Waals surface area contributed by atoms with E-state index in [0.717, 1.165) is 0 Å². The zero-order valence-corrected chi connectivity index (χ0v) is 12.1. The lowest BCUT2D eigenvalue weighted by Gasteiger charge is -2.07. The van der Waals surface area contributed by atoms with Crippen LogP contribution < -0.4 is 10.1 Å². The molecule has 1 aromatic heterocycles. The Hall–Kier alpha value is -3.64. The van der Waals surface area contributed by atoms with Gasteiger partial charge in [0.05, 0.1) is 0 Å². The second-order valence-corrected chi connectivity index (χ2v) is 4.40. The van der Waals surface area contributed by atoms with Crippen LogP contribution in [0.25, 0.3) is 6.08 Å². The lowest BCUT2D eigenvalue weighted by atomic mass is 10.1. The molecule has 0 fully saturated rings. The first-order chi connectivity index (χ1) is 11.2. The van der Waals surface area contributed by atoms with Crippen molar-refractivity contribution in [2.75, 3.05) is 11.9 Å². The molecule has 112 valence electrons. The quantitative estimate of drug-likeness (QED) is 0.856. The predicted octanol–water partition coefficient (Wildman–Crippen LogP) is 2.53. The second-order valence-electron chi connectivity index (χ2n) is 4.40. The number of nitriles is 2. The summed E-state index contributed by atoms with van der Waals surface area (Å²) in [5.41, 5.74) is 0.724. The first kappa shape index (κ1) is 15.7. The Morgan fingerprint density at radius 3 is 2.52 bits per heavy atom. The van der Waals surface area contributed by atoms with E-state index in [4.69, 9.17) is 15.3 Å². The molecule has 0 atom stereocenters. The minimum Gasteiger partial charge on any atom is -0.484 e. The van der Waals surface area contributed by atoms with Crippen molar-refractivity contribution in [1.82, 2.24) is 4.98 Å². The van der Waals surface area contributed by atoms with Crippen molar-refractivity contribution >= 4 is 17.8 Å². The van der Waals surface area contributed by atoms with Crippen LogP contribution in [0, 0.1) is 22.7 Å². The zero-order valence-electron chi connectivity index (χ0n) is 12.1. The Morgan fingerprint density at radius 1 is 1.17 bits per heavy atom.